The van der Waals surface area contributed by atoms with Gasteiger partial charge in [-0.2, -0.15) is 5.06 Å². The maximum atomic E-state index is 6.22. The molecule has 0 saturated carbocycles. The molecule has 4 rings (SSSR count). The van der Waals surface area contributed by atoms with Crippen LogP contribution in [0.4, 0.5) is 0 Å². The Morgan fingerprint density at radius 1 is 1.03 bits per heavy atom. The molecule has 2 aromatic carbocycles. The number of benzene rings is 2. The van der Waals surface area contributed by atoms with Crippen molar-refractivity contribution in [3.05, 3.63) is 89.2 Å². The van der Waals surface area contributed by atoms with Gasteiger partial charge in [0.15, 0.2) is 5.79 Å². The Morgan fingerprint density at radius 3 is 2.37 bits per heavy atom. The monoisotopic (exact) mass is 407 g/mol. The fourth-order valence-corrected chi connectivity index (χ4v) is 3.90. The van der Waals surface area contributed by atoms with Crippen LogP contribution >= 0.6 is 0 Å². The minimum Gasteiger partial charge on any atom is -0.499 e. The van der Waals surface area contributed by atoms with E-state index in [1.54, 1.807) is 7.11 Å². The molecule has 2 aliphatic rings. The van der Waals surface area contributed by atoms with Crippen molar-refractivity contribution < 1.29 is 19.0 Å². The molecule has 5 heteroatoms. The Hall–Kier alpha value is -2.44. The van der Waals surface area contributed by atoms with Crippen LogP contribution in [0.2, 0.25) is 0 Å². The van der Waals surface area contributed by atoms with E-state index in [2.05, 4.69) is 36.4 Å². The summed E-state index contributed by atoms with van der Waals surface area (Å²) in [4.78, 5) is 6.22. The topological polar surface area (TPSA) is 40.2 Å². The minimum absolute atomic E-state index is 0.195. The second-order valence-corrected chi connectivity index (χ2v) is 7.98. The Kier molecular flexibility index (Phi) is 6.35. The first-order chi connectivity index (χ1) is 14.6. The van der Waals surface area contributed by atoms with Crippen molar-refractivity contribution in [1.82, 2.24) is 5.06 Å². The third kappa shape index (κ3) is 4.82. The molecule has 0 amide bonds. The number of rotatable bonds is 6. The Bertz CT molecular complexity index is 892. The van der Waals surface area contributed by atoms with E-state index < -0.39 is 5.79 Å². The maximum Gasteiger partial charge on any atom is 0.163 e. The Balaban J connectivity index is 1.65. The van der Waals surface area contributed by atoms with Gasteiger partial charge in [0.25, 0.3) is 0 Å². The van der Waals surface area contributed by atoms with Crippen molar-refractivity contribution in [3.8, 4) is 0 Å². The zero-order valence-corrected chi connectivity index (χ0v) is 17.8. The SMILES string of the molecule is COC1=C(/C=C/c2ccccc2)CON(Cc2ccccc2)[C@H]1[C@H]1COC(C)(C)O1. The molecule has 1 fully saturated rings. The zero-order valence-electron chi connectivity index (χ0n) is 17.8. The highest BCUT2D eigenvalue weighted by Crippen LogP contribution is 2.34. The van der Waals surface area contributed by atoms with Crippen molar-refractivity contribution in [1.29, 1.82) is 0 Å². The molecule has 0 unspecified atom stereocenters. The minimum atomic E-state index is -0.626. The fraction of sp³-hybridized carbons (Fsp3) is 0.360. The van der Waals surface area contributed by atoms with E-state index in [1.807, 2.05) is 55.3 Å². The molecule has 1 saturated heterocycles. The normalized spacial score (nSPS) is 24.5. The molecule has 0 radical (unpaired) electrons. The lowest BCUT2D eigenvalue weighted by Gasteiger charge is -2.39. The second-order valence-electron chi connectivity index (χ2n) is 7.98. The van der Waals surface area contributed by atoms with E-state index in [0.29, 0.717) is 19.8 Å². The van der Waals surface area contributed by atoms with Gasteiger partial charge in [0.1, 0.15) is 17.9 Å². The number of hydrogen-bond donors (Lipinski definition) is 0. The van der Waals surface area contributed by atoms with Crippen LogP contribution in [0.1, 0.15) is 25.0 Å². The summed E-state index contributed by atoms with van der Waals surface area (Å²) in [7, 11) is 1.71. The second kappa shape index (κ2) is 9.14. The fourth-order valence-electron chi connectivity index (χ4n) is 3.90. The van der Waals surface area contributed by atoms with Crippen molar-refractivity contribution in [2.45, 2.75) is 38.3 Å². The number of hydrogen-bond acceptors (Lipinski definition) is 5. The van der Waals surface area contributed by atoms with Crippen LogP contribution in [0.25, 0.3) is 6.08 Å². The lowest BCUT2D eigenvalue weighted by Crippen LogP contribution is -2.49. The van der Waals surface area contributed by atoms with Crippen LogP contribution in [-0.2, 0) is 25.6 Å². The zero-order chi connectivity index (χ0) is 21.0. The van der Waals surface area contributed by atoms with Gasteiger partial charge in [0.2, 0.25) is 0 Å². The summed E-state index contributed by atoms with van der Waals surface area (Å²) < 4.78 is 18.0. The average Bonchev–Trinajstić information content (AvgIpc) is 3.13. The van der Waals surface area contributed by atoms with Crippen molar-refractivity contribution >= 4 is 6.08 Å². The average molecular weight is 408 g/mol. The standard InChI is InChI=1S/C25H29NO4/c1-25(2)28-18-22(30-25)23-24(27-3)21(15-14-19-10-6-4-7-11-19)17-29-26(23)16-20-12-8-5-9-13-20/h4-15,22-23H,16-18H2,1-3H3/b15-14+/t22-,23+/m1/s1. The summed E-state index contributed by atoms with van der Waals surface area (Å²) in [6.45, 7) is 5.42. The van der Waals surface area contributed by atoms with Gasteiger partial charge in [0.05, 0.1) is 26.9 Å². The van der Waals surface area contributed by atoms with Crippen molar-refractivity contribution in [3.63, 3.8) is 0 Å². The van der Waals surface area contributed by atoms with Gasteiger partial charge in [-0.1, -0.05) is 72.8 Å². The molecule has 2 aromatic rings. The molecule has 0 N–H and O–H groups in total. The molecule has 30 heavy (non-hydrogen) atoms. The van der Waals surface area contributed by atoms with Crippen LogP contribution in [0.15, 0.2) is 78.1 Å². The first-order valence-corrected chi connectivity index (χ1v) is 10.3. The Labute approximate surface area is 178 Å². The summed E-state index contributed by atoms with van der Waals surface area (Å²) in [6, 6.07) is 20.3. The third-order valence-corrected chi connectivity index (χ3v) is 5.34. The van der Waals surface area contributed by atoms with E-state index >= 15 is 0 Å². The van der Waals surface area contributed by atoms with E-state index in [1.165, 1.54) is 5.56 Å². The number of hydroxylamine groups is 2. The number of ether oxygens (including phenoxy) is 3. The van der Waals surface area contributed by atoms with Gasteiger partial charge in [-0.05, 0) is 25.0 Å². The van der Waals surface area contributed by atoms with Crippen LogP contribution in [-0.4, -0.2) is 43.3 Å². The van der Waals surface area contributed by atoms with Gasteiger partial charge in [-0.3, -0.25) is 4.84 Å². The molecule has 158 valence electrons. The van der Waals surface area contributed by atoms with Crippen molar-refractivity contribution in [2.24, 2.45) is 0 Å². The van der Waals surface area contributed by atoms with E-state index in [9.17, 15) is 0 Å². The molecule has 2 aliphatic heterocycles. The highest BCUT2D eigenvalue weighted by atomic mass is 16.8. The summed E-state index contributed by atoms with van der Waals surface area (Å²) in [5, 5.41) is 1.96. The first-order valence-electron chi connectivity index (χ1n) is 10.3. The first kappa shape index (κ1) is 20.8. The molecule has 0 bridgehead atoms. The molecule has 0 aromatic heterocycles. The third-order valence-electron chi connectivity index (χ3n) is 5.34. The maximum absolute atomic E-state index is 6.22. The summed E-state index contributed by atoms with van der Waals surface area (Å²) >= 11 is 0. The Morgan fingerprint density at radius 2 is 1.73 bits per heavy atom. The molecule has 2 heterocycles. The van der Waals surface area contributed by atoms with E-state index in [4.69, 9.17) is 19.0 Å². The lowest BCUT2D eigenvalue weighted by molar-refractivity contribution is -0.225. The summed E-state index contributed by atoms with van der Waals surface area (Å²) in [6.07, 6.45) is 3.96. The molecule has 2 atom stereocenters. The summed E-state index contributed by atoms with van der Waals surface area (Å²) in [5.41, 5.74) is 3.30. The molecule has 0 spiro atoms. The molecular weight excluding hydrogens is 378 g/mol. The van der Waals surface area contributed by atoms with Gasteiger partial charge < -0.3 is 14.2 Å². The van der Waals surface area contributed by atoms with Crippen LogP contribution in [0.3, 0.4) is 0 Å². The number of nitrogens with zero attached hydrogens (tertiary/aromatic N) is 1. The largest absolute Gasteiger partial charge is 0.499 e. The van der Waals surface area contributed by atoms with Crippen LogP contribution in [0, 0.1) is 0 Å². The highest BCUT2D eigenvalue weighted by Gasteiger charge is 2.45. The van der Waals surface area contributed by atoms with Crippen molar-refractivity contribution in [2.75, 3.05) is 20.3 Å². The van der Waals surface area contributed by atoms with Crippen LogP contribution < -0.4 is 0 Å². The van der Waals surface area contributed by atoms with Gasteiger partial charge in [0, 0.05) is 5.57 Å². The molecule has 0 aliphatic carbocycles. The quantitative estimate of drug-likeness (QED) is 0.702. The van der Waals surface area contributed by atoms with Gasteiger partial charge >= 0.3 is 0 Å². The smallest absolute Gasteiger partial charge is 0.163 e. The molecular formula is C25H29NO4. The van der Waals surface area contributed by atoms with Gasteiger partial charge in [-0.25, -0.2) is 0 Å². The predicted octanol–water partition coefficient (Wildman–Crippen LogP) is 4.57. The highest BCUT2D eigenvalue weighted by molar-refractivity contribution is 5.53. The number of methoxy groups -OCH3 is 1. The van der Waals surface area contributed by atoms with E-state index in [0.717, 1.165) is 16.9 Å². The predicted molar refractivity (Wildman–Crippen MR) is 116 cm³/mol. The van der Waals surface area contributed by atoms with E-state index in [-0.39, 0.29) is 12.1 Å². The van der Waals surface area contributed by atoms with Crippen LogP contribution in [0.5, 0.6) is 0 Å². The summed E-state index contributed by atoms with van der Waals surface area (Å²) in [5.74, 6) is 0.232. The van der Waals surface area contributed by atoms with Gasteiger partial charge in [-0.15, -0.1) is 0 Å². The molecule has 5 nitrogen and oxygen atoms in total. The lowest BCUT2D eigenvalue weighted by atomic mass is 10.0.